The molecule has 0 spiro atoms. The fraction of sp³-hybridized carbons (Fsp3) is 0.550. The molecule has 0 radical (unpaired) electrons. The lowest BCUT2D eigenvalue weighted by Crippen LogP contribution is -2.47. The van der Waals surface area contributed by atoms with Crippen LogP contribution in [0, 0.1) is 6.92 Å². The van der Waals surface area contributed by atoms with Crippen LogP contribution in [0.2, 0.25) is 0 Å². The van der Waals surface area contributed by atoms with E-state index in [1.54, 1.807) is 6.20 Å². The molecule has 1 aliphatic heterocycles. The number of hydrogen-bond donors (Lipinski definition) is 1. The lowest BCUT2D eigenvalue weighted by Gasteiger charge is -2.41. The first kappa shape index (κ1) is 17.5. The van der Waals surface area contributed by atoms with Gasteiger partial charge in [-0.05, 0) is 32.8 Å². The van der Waals surface area contributed by atoms with Crippen LogP contribution in [0.1, 0.15) is 68.0 Å². The van der Waals surface area contributed by atoms with Gasteiger partial charge in [-0.1, -0.05) is 12.8 Å². The van der Waals surface area contributed by atoms with Crippen LogP contribution in [0.25, 0.3) is 11.0 Å². The molecule has 8 heteroatoms. The van der Waals surface area contributed by atoms with Gasteiger partial charge in [0.2, 0.25) is 0 Å². The van der Waals surface area contributed by atoms with E-state index in [2.05, 4.69) is 31.9 Å². The van der Waals surface area contributed by atoms with E-state index in [0.717, 1.165) is 43.1 Å². The number of likely N-dealkylation sites (tertiary alicyclic amines) is 1. The second-order valence-corrected chi connectivity index (χ2v) is 8.10. The monoisotopic (exact) mass is 379 g/mol. The van der Waals surface area contributed by atoms with E-state index >= 15 is 0 Å². The molecule has 1 aliphatic carbocycles. The molecule has 3 aromatic rings. The molecule has 0 bridgehead atoms. The Morgan fingerprint density at radius 3 is 2.75 bits per heavy atom. The Bertz CT molecular complexity index is 1060. The van der Waals surface area contributed by atoms with Gasteiger partial charge in [0, 0.05) is 30.9 Å². The summed E-state index contributed by atoms with van der Waals surface area (Å²) in [4.78, 5) is 31.7. The predicted molar refractivity (Wildman–Crippen MR) is 105 cm³/mol. The standard InChI is InChI=1S/C20H25N7O/c1-12-7-8-21-18(23-12)14-10-26(11-14)13(2)17-24-19-16(20(28)25-17)9-22-27(19)15-5-3-4-6-15/h7-9,13-15H,3-6,10-11H2,1-2H3,(H,24,25,28)/t13-/m1/s1. The molecule has 3 aromatic heterocycles. The maximum absolute atomic E-state index is 12.6. The molecule has 0 aromatic carbocycles. The Kier molecular flexibility index (Phi) is 4.23. The maximum Gasteiger partial charge on any atom is 0.262 e. The first-order valence-corrected chi connectivity index (χ1v) is 10.1. The summed E-state index contributed by atoms with van der Waals surface area (Å²) >= 11 is 0. The lowest BCUT2D eigenvalue weighted by atomic mass is 9.96. The van der Waals surface area contributed by atoms with Crippen molar-refractivity contribution in [3.8, 4) is 0 Å². The number of aromatic nitrogens is 6. The van der Waals surface area contributed by atoms with Crippen LogP contribution >= 0.6 is 0 Å². The fourth-order valence-electron chi connectivity index (χ4n) is 4.40. The summed E-state index contributed by atoms with van der Waals surface area (Å²) < 4.78 is 1.97. The van der Waals surface area contributed by atoms with Gasteiger partial charge in [0.1, 0.15) is 17.0 Å². The molecule has 2 aliphatic rings. The average molecular weight is 379 g/mol. The van der Waals surface area contributed by atoms with Crippen molar-refractivity contribution in [1.82, 2.24) is 34.6 Å². The molecular weight excluding hydrogens is 354 g/mol. The first-order chi connectivity index (χ1) is 13.6. The smallest absolute Gasteiger partial charge is 0.262 e. The SMILES string of the molecule is Cc1ccnc(C2CN([C@H](C)c3nc4c(cnn4C4CCCC4)c(=O)[nH]3)C2)n1. The second-order valence-electron chi connectivity index (χ2n) is 8.10. The van der Waals surface area contributed by atoms with Gasteiger partial charge in [0.15, 0.2) is 5.65 Å². The highest BCUT2D eigenvalue weighted by Gasteiger charge is 2.35. The van der Waals surface area contributed by atoms with Crippen molar-refractivity contribution in [3.63, 3.8) is 0 Å². The largest absolute Gasteiger partial charge is 0.309 e. The zero-order chi connectivity index (χ0) is 19.3. The van der Waals surface area contributed by atoms with Gasteiger partial charge < -0.3 is 4.98 Å². The minimum Gasteiger partial charge on any atom is -0.309 e. The Labute approximate surface area is 163 Å². The molecule has 1 saturated heterocycles. The number of aryl methyl sites for hydroxylation is 1. The van der Waals surface area contributed by atoms with Crippen molar-refractivity contribution in [3.05, 3.63) is 46.2 Å². The van der Waals surface area contributed by atoms with Crippen molar-refractivity contribution in [2.75, 3.05) is 13.1 Å². The molecule has 1 N–H and O–H groups in total. The highest BCUT2D eigenvalue weighted by Crippen LogP contribution is 2.33. The van der Waals surface area contributed by atoms with Crippen molar-refractivity contribution >= 4 is 11.0 Å². The Morgan fingerprint density at radius 1 is 1.21 bits per heavy atom. The summed E-state index contributed by atoms with van der Waals surface area (Å²) in [6.07, 6.45) is 8.13. The van der Waals surface area contributed by atoms with Crippen LogP contribution in [0.15, 0.2) is 23.3 Å². The molecule has 146 valence electrons. The Hall–Kier alpha value is -2.61. The number of nitrogens with zero attached hydrogens (tertiary/aromatic N) is 6. The van der Waals surface area contributed by atoms with E-state index < -0.39 is 0 Å². The van der Waals surface area contributed by atoms with E-state index in [0.29, 0.717) is 23.2 Å². The minimum absolute atomic E-state index is 0.0325. The lowest BCUT2D eigenvalue weighted by molar-refractivity contribution is 0.0918. The third kappa shape index (κ3) is 2.92. The molecule has 4 heterocycles. The van der Waals surface area contributed by atoms with Gasteiger partial charge in [0.05, 0.1) is 18.3 Å². The summed E-state index contributed by atoms with van der Waals surface area (Å²) in [6.45, 7) is 5.82. The number of rotatable bonds is 4. The number of aromatic amines is 1. The Morgan fingerprint density at radius 2 is 2.00 bits per heavy atom. The van der Waals surface area contributed by atoms with Crippen LogP contribution in [0.4, 0.5) is 0 Å². The van der Waals surface area contributed by atoms with E-state index in [1.807, 2.05) is 23.9 Å². The second kappa shape index (κ2) is 6.77. The highest BCUT2D eigenvalue weighted by atomic mass is 16.1. The van der Waals surface area contributed by atoms with Crippen LogP contribution in [0.3, 0.4) is 0 Å². The topological polar surface area (TPSA) is 92.6 Å². The molecule has 0 unspecified atom stereocenters. The predicted octanol–water partition coefficient (Wildman–Crippen LogP) is 2.49. The number of hydrogen-bond acceptors (Lipinski definition) is 6. The van der Waals surface area contributed by atoms with E-state index in [4.69, 9.17) is 4.98 Å². The third-order valence-corrected chi connectivity index (χ3v) is 6.18. The molecule has 5 rings (SSSR count). The van der Waals surface area contributed by atoms with Crippen LogP contribution in [-0.4, -0.2) is 47.7 Å². The van der Waals surface area contributed by atoms with Crippen molar-refractivity contribution < 1.29 is 0 Å². The van der Waals surface area contributed by atoms with Gasteiger partial charge in [0.25, 0.3) is 5.56 Å². The quantitative estimate of drug-likeness (QED) is 0.749. The molecule has 8 nitrogen and oxygen atoms in total. The van der Waals surface area contributed by atoms with Crippen LogP contribution in [0.5, 0.6) is 0 Å². The molecule has 2 fully saturated rings. The van der Waals surface area contributed by atoms with Crippen molar-refractivity contribution in [1.29, 1.82) is 0 Å². The van der Waals surface area contributed by atoms with E-state index in [1.165, 1.54) is 12.8 Å². The summed E-state index contributed by atoms with van der Waals surface area (Å²) in [6, 6.07) is 2.31. The Balaban J connectivity index is 1.38. The number of H-pyrrole nitrogens is 1. The zero-order valence-electron chi connectivity index (χ0n) is 16.3. The molecular formula is C20H25N7O. The molecule has 1 atom stereocenters. The van der Waals surface area contributed by atoms with Gasteiger partial charge in [-0.25, -0.2) is 19.6 Å². The fourth-order valence-corrected chi connectivity index (χ4v) is 4.40. The molecule has 1 saturated carbocycles. The van der Waals surface area contributed by atoms with Gasteiger partial charge >= 0.3 is 0 Å². The third-order valence-electron chi connectivity index (χ3n) is 6.18. The van der Waals surface area contributed by atoms with Gasteiger partial charge in [-0.3, -0.25) is 9.69 Å². The van der Waals surface area contributed by atoms with E-state index in [-0.39, 0.29) is 11.6 Å². The number of fused-ring (bicyclic) bond motifs is 1. The molecule has 0 amide bonds. The normalized spacial score (nSPS) is 19.9. The van der Waals surface area contributed by atoms with Gasteiger partial charge in [-0.15, -0.1) is 0 Å². The first-order valence-electron chi connectivity index (χ1n) is 10.1. The maximum atomic E-state index is 12.6. The summed E-state index contributed by atoms with van der Waals surface area (Å²) in [7, 11) is 0. The van der Waals surface area contributed by atoms with Crippen LogP contribution in [-0.2, 0) is 0 Å². The summed E-state index contributed by atoms with van der Waals surface area (Å²) in [5, 5.41) is 5.06. The van der Waals surface area contributed by atoms with E-state index in [9.17, 15) is 4.79 Å². The number of nitrogens with one attached hydrogen (secondary N) is 1. The summed E-state index contributed by atoms with van der Waals surface area (Å²) in [5.41, 5.74) is 1.61. The van der Waals surface area contributed by atoms with Gasteiger partial charge in [-0.2, -0.15) is 5.10 Å². The average Bonchev–Trinajstić information content (AvgIpc) is 3.29. The summed E-state index contributed by atoms with van der Waals surface area (Å²) in [5.74, 6) is 1.95. The zero-order valence-corrected chi connectivity index (χ0v) is 16.3. The molecule has 28 heavy (non-hydrogen) atoms. The highest BCUT2D eigenvalue weighted by molar-refractivity contribution is 5.73. The minimum atomic E-state index is -0.102. The van der Waals surface area contributed by atoms with Crippen molar-refractivity contribution in [2.45, 2.75) is 57.5 Å². The van der Waals surface area contributed by atoms with Crippen LogP contribution < -0.4 is 5.56 Å². The van der Waals surface area contributed by atoms with Crippen molar-refractivity contribution in [2.24, 2.45) is 0 Å².